The first-order valence-corrected chi connectivity index (χ1v) is 21.5. The van der Waals surface area contributed by atoms with Gasteiger partial charge in [-0.25, -0.2) is 0 Å². The van der Waals surface area contributed by atoms with E-state index in [0.29, 0.717) is 0 Å². The zero-order valence-electron chi connectivity index (χ0n) is 35.2. The van der Waals surface area contributed by atoms with Crippen LogP contribution in [-0.4, -0.2) is 0 Å². The second kappa shape index (κ2) is 12.4. The molecule has 0 fully saturated rings. The third-order valence-corrected chi connectivity index (χ3v) is 13.5. The Kier molecular flexibility index (Phi) is 7.27. The number of hydrogen-bond donors (Lipinski definition) is 0. The molecule has 0 radical (unpaired) electrons. The molecule has 0 spiro atoms. The molecule has 0 aliphatic heterocycles. The van der Waals surface area contributed by atoms with Gasteiger partial charge in [0.1, 0.15) is 0 Å². The Bertz CT molecular complexity index is 3330. The van der Waals surface area contributed by atoms with E-state index in [0.717, 1.165) is 0 Å². The van der Waals surface area contributed by atoms with Gasteiger partial charge in [-0.15, -0.1) is 0 Å². The first kappa shape index (κ1) is 35.2. The minimum absolute atomic E-state index is 0.0829. The summed E-state index contributed by atoms with van der Waals surface area (Å²) in [4.78, 5) is 0. The molecule has 0 saturated heterocycles. The van der Waals surface area contributed by atoms with Crippen molar-refractivity contribution < 1.29 is 0 Å². The molecule has 0 aromatic heterocycles. The monoisotopic (exact) mass is 766 g/mol. The highest BCUT2D eigenvalue weighted by atomic mass is 14.3. The van der Waals surface area contributed by atoms with Gasteiger partial charge in [0, 0.05) is 0 Å². The largest absolute Gasteiger partial charge is 0.0616 e. The van der Waals surface area contributed by atoms with E-state index >= 15 is 0 Å². The average Bonchev–Trinajstić information content (AvgIpc) is 3.25. The van der Waals surface area contributed by atoms with Crippen LogP contribution in [0.15, 0.2) is 170 Å². The second-order valence-corrected chi connectivity index (χ2v) is 19.4. The zero-order valence-corrected chi connectivity index (χ0v) is 35.2. The molecule has 12 rings (SSSR count). The predicted molar refractivity (Wildman–Crippen MR) is 263 cm³/mol. The molecule has 0 aliphatic rings. The van der Waals surface area contributed by atoms with Gasteiger partial charge < -0.3 is 0 Å². The molecule has 0 amide bonds. The fourth-order valence-corrected chi connectivity index (χ4v) is 10.4. The van der Waals surface area contributed by atoms with Crippen molar-refractivity contribution in [1.29, 1.82) is 0 Å². The van der Waals surface area contributed by atoms with Crippen molar-refractivity contribution in [1.82, 2.24) is 0 Å². The van der Waals surface area contributed by atoms with Crippen molar-refractivity contribution in [3.63, 3.8) is 0 Å². The van der Waals surface area contributed by atoms with Gasteiger partial charge in [0.25, 0.3) is 0 Å². The van der Waals surface area contributed by atoms with Gasteiger partial charge >= 0.3 is 0 Å². The maximum atomic E-state index is 2.44. The Morgan fingerprint density at radius 1 is 0.267 bits per heavy atom. The van der Waals surface area contributed by atoms with E-state index in [1.807, 2.05) is 0 Å². The maximum Gasteiger partial charge on any atom is -0.00143 e. The quantitative estimate of drug-likeness (QED) is 0.157. The third-order valence-electron chi connectivity index (χ3n) is 13.5. The van der Waals surface area contributed by atoms with Gasteiger partial charge in [-0.1, -0.05) is 187 Å². The lowest BCUT2D eigenvalue weighted by atomic mass is 9.81. The molecule has 0 unspecified atom stereocenters. The SMILES string of the molecule is CC(C)(C)c1cc2ccc3cc(-c4ccc5ccccc5c4-c4c(-c5cc6ccc7cc(C(C)(C)C)cc8ccc(c5)c6c78)ccc5ccccc45)cc4ccc(c1)c2c34. The van der Waals surface area contributed by atoms with Crippen molar-refractivity contribution in [3.8, 4) is 33.4 Å². The Morgan fingerprint density at radius 3 is 0.833 bits per heavy atom. The van der Waals surface area contributed by atoms with E-state index in [-0.39, 0.29) is 10.8 Å². The van der Waals surface area contributed by atoms with Crippen LogP contribution >= 0.6 is 0 Å². The summed E-state index contributed by atoms with van der Waals surface area (Å²) in [5, 5.41) is 20.8. The summed E-state index contributed by atoms with van der Waals surface area (Å²) in [6, 6.07) is 65.4. The van der Waals surface area contributed by atoms with Crippen molar-refractivity contribution in [2.24, 2.45) is 0 Å². The van der Waals surface area contributed by atoms with Crippen LogP contribution in [0.4, 0.5) is 0 Å². The predicted octanol–water partition coefficient (Wildman–Crippen LogP) is 17.4. The Balaban J connectivity index is 1.13. The first-order chi connectivity index (χ1) is 29.0. The van der Waals surface area contributed by atoms with Gasteiger partial charge in [0.2, 0.25) is 0 Å². The molecular formula is C60H46. The maximum absolute atomic E-state index is 2.44. The topological polar surface area (TPSA) is 0 Å². The zero-order chi connectivity index (χ0) is 40.7. The number of fused-ring (bicyclic) bond motifs is 2. The summed E-state index contributed by atoms with van der Waals surface area (Å²) in [6.45, 7) is 13.8. The van der Waals surface area contributed by atoms with Crippen LogP contribution < -0.4 is 0 Å². The van der Waals surface area contributed by atoms with E-state index in [4.69, 9.17) is 0 Å². The lowest BCUT2D eigenvalue weighted by molar-refractivity contribution is 0.591. The minimum Gasteiger partial charge on any atom is -0.0616 e. The fraction of sp³-hybridized carbons (Fsp3) is 0.133. The highest BCUT2D eigenvalue weighted by Gasteiger charge is 2.23. The van der Waals surface area contributed by atoms with Crippen LogP contribution in [0.25, 0.3) is 120 Å². The molecule has 0 atom stereocenters. The standard InChI is InChI=1S/C60H46/c1-59(2,3)47-31-41-19-15-37-27-45(28-38-16-20-42(32-47)55(41)53(37)38)51-25-23-35-11-7-9-13-49(35)57(51)58-50-14-10-8-12-36(50)24-26-52(58)46-29-39-17-21-43-33-48(60(4,5)6)34-44-22-18-40(30-46)54(39)56(43)44/h7-34H,1-6H3. The van der Waals surface area contributed by atoms with Crippen LogP contribution in [0.1, 0.15) is 52.7 Å². The van der Waals surface area contributed by atoms with Gasteiger partial charge in [-0.2, -0.15) is 0 Å². The van der Waals surface area contributed by atoms with E-state index in [2.05, 4.69) is 211 Å². The minimum atomic E-state index is 0.0829. The summed E-state index contributed by atoms with van der Waals surface area (Å²) in [6.07, 6.45) is 0. The van der Waals surface area contributed by atoms with Crippen LogP contribution in [0.3, 0.4) is 0 Å². The molecular weight excluding hydrogens is 721 g/mol. The highest BCUT2D eigenvalue weighted by Crippen LogP contribution is 2.49. The number of benzene rings is 12. The van der Waals surface area contributed by atoms with E-state index in [1.165, 1.54) is 131 Å². The van der Waals surface area contributed by atoms with Crippen LogP contribution in [0, 0.1) is 0 Å². The molecule has 286 valence electrons. The molecule has 60 heavy (non-hydrogen) atoms. The first-order valence-electron chi connectivity index (χ1n) is 21.5. The molecule has 0 nitrogen and oxygen atoms in total. The Morgan fingerprint density at radius 2 is 0.533 bits per heavy atom. The van der Waals surface area contributed by atoms with Crippen LogP contribution in [0.2, 0.25) is 0 Å². The smallest absolute Gasteiger partial charge is 0.00143 e. The van der Waals surface area contributed by atoms with Crippen molar-refractivity contribution >= 4 is 86.2 Å². The summed E-state index contributed by atoms with van der Waals surface area (Å²) in [5.74, 6) is 0. The summed E-state index contributed by atoms with van der Waals surface area (Å²) < 4.78 is 0. The Labute approximate surface area is 351 Å². The molecule has 0 aliphatic carbocycles. The fourth-order valence-electron chi connectivity index (χ4n) is 10.4. The molecule has 0 saturated carbocycles. The van der Waals surface area contributed by atoms with Crippen LogP contribution in [-0.2, 0) is 10.8 Å². The van der Waals surface area contributed by atoms with E-state index in [1.54, 1.807) is 0 Å². The lowest BCUT2D eigenvalue weighted by Crippen LogP contribution is -2.10. The highest BCUT2D eigenvalue weighted by molar-refractivity contribution is 6.26. The lowest BCUT2D eigenvalue weighted by Gasteiger charge is -2.23. The molecule has 12 aromatic carbocycles. The van der Waals surface area contributed by atoms with E-state index in [9.17, 15) is 0 Å². The Hall–Kier alpha value is -6.76. The van der Waals surface area contributed by atoms with Gasteiger partial charge in [-0.3, -0.25) is 0 Å². The molecule has 0 heterocycles. The van der Waals surface area contributed by atoms with E-state index < -0.39 is 0 Å². The second-order valence-electron chi connectivity index (χ2n) is 19.4. The van der Waals surface area contributed by atoms with Crippen LogP contribution in [0.5, 0.6) is 0 Å². The summed E-state index contributed by atoms with van der Waals surface area (Å²) >= 11 is 0. The normalized spacial score (nSPS) is 12.8. The number of hydrogen-bond acceptors (Lipinski definition) is 0. The molecule has 0 heteroatoms. The molecule has 0 N–H and O–H groups in total. The van der Waals surface area contributed by atoms with Crippen molar-refractivity contribution in [3.05, 3.63) is 181 Å². The van der Waals surface area contributed by atoms with Crippen molar-refractivity contribution in [2.75, 3.05) is 0 Å². The summed E-state index contributed by atoms with van der Waals surface area (Å²) in [7, 11) is 0. The van der Waals surface area contributed by atoms with Crippen molar-refractivity contribution in [2.45, 2.75) is 52.4 Å². The molecule has 12 aromatic rings. The van der Waals surface area contributed by atoms with Gasteiger partial charge in [-0.05, 0) is 166 Å². The summed E-state index contributed by atoms with van der Waals surface area (Å²) in [5.41, 5.74) is 10.4. The molecule has 0 bridgehead atoms. The van der Waals surface area contributed by atoms with Gasteiger partial charge in [0.05, 0.1) is 0 Å². The van der Waals surface area contributed by atoms with Gasteiger partial charge in [0.15, 0.2) is 0 Å². The number of rotatable bonds is 3. The third kappa shape index (κ3) is 5.23. The average molecular weight is 767 g/mol.